The average Bonchev–Trinajstić information content (AvgIpc) is 2.59. The van der Waals surface area contributed by atoms with Crippen molar-refractivity contribution in [2.24, 2.45) is 0 Å². The summed E-state index contributed by atoms with van der Waals surface area (Å²) in [5.74, 6) is -0.725. The van der Waals surface area contributed by atoms with Crippen LogP contribution in [-0.4, -0.2) is 25.1 Å². The van der Waals surface area contributed by atoms with Gasteiger partial charge in [-0.3, -0.25) is 4.79 Å². The second-order valence-corrected chi connectivity index (χ2v) is 6.19. The monoisotopic (exact) mass is 359 g/mol. The fourth-order valence-electron chi connectivity index (χ4n) is 2.22. The Labute approximate surface area is 152 Å². The standard InChI is InChI=1S/C20H22FNO4/c1-13(2)15-8-7-14(3)18(9-15)25-12-20(24)26-11-19(23)22-17-6-4-5-16(21)10-17/h4-10,13H,11-12H2,1-3H3,(H,22,23). The molecule has 0 aliphatic heterocycles. The molecule has 0 bridgehead atoms. The minimum absolute atomic E-state index is 0.295. The van der Waals surface area contributed by atoms with Gasteiger partial charge >= 0.3 is 5.97 Å². The minimum atomic E-state index is -0.659. The van der Waals surface area contributed by atoms with Gasteiger partial charge in [0.1, 0.15) is 11.6 Å². The Morgan fingerprint density at radius 1 is 1.12 bits per heavy atom. The molecule has 0 aliphatic carbocycles. The van der Waals surface area contributed by atoms with Crippen LogP contribution in [0.5, 0.6) is 5.75 Å². The van der Waals surface area contributed by atoms with Gasteiger partial charge in [-0.1, -0.05) is 32.0 Å². The molecule has 0 saturated carbocycles. The van der Waals surface area contributed by atoms with E-state index in [9.17, 15) is 14.0 Å². The Kier molecular flexibility index (Phi) is 6.72. The molecule has 1 amide bonds. The number of carbonyl (C=O) groups is 2. The molecule has 1 N–H and O–H groups in total. The molecule has 0 radical (unpaired) electrons. The number of esters is 1. The second-order valence-electron chi connectivity index (χ2n) is 6.19. The van der Waals surface area contributed by atoms with Crippen LogP contribution < -0.4 is 10.1 Å². The largest absolute Gasteiger partial charge is 0.482 e. The summed E-state index contributed by atoms with van der Waals surface area (Å²) in [6.45, 7) is 5.26. The molecule has 0 heterocycles. The molecular weight excluding hydrogens is 337 g/mol. The summed E-state index contributed by atoms with van der Waals surface area (Å²) >= 11 is 0. The topological polar surface area (TPSA) is 64.6 Å². The lowest BCUT2D eigenvalue weighted by atomic mass is 10.0. The first-order valence-corrected chi connectivity index (χ1v) is 8.29. The van der Waals surface area contributed by atoms with Crippen LogP contribution in [0.2, 0.25) is 0 Å². The maximum atomic E-state index is 13.1. The molecule has 0 spiro atoms. The number of amides is 1. The van der Waals surface area contributed by atoms with Crippen LogP contribution >= 0.6 is 0 Å². The predicted molar refractivity (Wildman–Crippen MR) is 96.8 cm³/mol. The summed E-state index contributed by atoms with van der Waals surface area (Å²) in [6, 6.07) is 11.3. The average molecular weight is 359 g/mol. The van der Waals surface area contributed by atoms with Crippen LogP contribution in [0.3, 0.4) is 0 Å². The maximum Gasteiger partial charge on any atom is 0.344 e. The van der Waals surface area contributed by atoms with Crippen molar-refractivity contribution >= 4 is 17.6 Å². The Bertz CT molecular complexity index is 789. The van der Waals surface area contributed by atoms with E-state index in [1.807, 2.05) is 25.1 Å². The van der Waals surface area contributed by atoms with E-state index >= 15 is 0 Å². The number of nitrogens with one attached hydrogen (secondary N) is 1. The fourth-order valence-corrected chi connectivity index (χ4v) is 2.22. The molecule has 6 heteroatoms. The smallest absolute Gasteiger partial charge is 0.344 e. The predicted octanol–water partition coefficient (Wildman–Crippen LogP) is 3.82. The van der Waals surface area contributed by atoms with Crippen molar-refractivity contribution in [2.45, 2.75) is 26.7 Å². The fraction of sp³-hybridized carbons (Fsp3) is 0.300. The molecule has 0 atom stereocenters. The van der Waals surface area contributed by atoms with Gasteiger partial charge in [0.05, 0.1) is 0 Å². The second kappa shape index (κ2) is 8.99. The van der Waals surface area contributed by atoms with Crippen molar-refractivity contribution in [2.75, 3.05) is 18.5 Å². The summed E-state index contributed by atoms with van der Waals surface area (Å²) in [6.07, 6.45) is 0. The van der Waals surface area contributed by atoms with Crippen molar-refractivity contribution in [3.63, 3.8) is 0 Å². The van der Waals surface area contributed by atoms with Crippen molar-refractivity contribution in [1.29, 1.82) is 0 Å². The normalized spacial score (nSPS) is 10.5. The molecule has 0 aliphatic rings. The third kappa shape index (κ3) is 5.88. The Balaban J connectivity index is 1.80. The minimum Gasteiger partial charge on any atom is -0.482 e. The highest BCUT2D eigenvalue weighted by Gasteiger charge is 2.11. The number of aryl methyl sites for hydroxylation is 1. The molecule has 138 valence electrons. The summed E-state index contributed by atoms with van der Waals surface area (Å²) < 4.78 is 23.4. The van der Waals surface area contributed by atoms with Gasteiger partial charge in [0.2, 0.25) is 0 Å². The molecule has 0 aromatic heterocycles. The number of halogens is 1. The van der Waals surface area contributed by atoms with Gasteiger partial charge in [-0.25, -0.2) is 9.18 Å². The Morgan fingerprint density at radius 3 is 2.58 bits per heavy atom. The van der Waals surface area contributed by atoms with Crippen LogP contribution in [0.4, 0.5) is 10.1 Å². The first kappa shape index (κ1) is 19.4. The lowest BCUT2D eigenvalue weighted by Gasteiger charge is -2.12. The summed E-state index contributed by atoms with van der Waals surface area (Å²) in [5.41, 5.74) is 2.31. The van der Waals surface area contributed by atoms with Crippen molar-refractivity contribution in [3.8, 4) is 5.75 Å². The lowest BCUT2D eigenvalue weighted by Crippen LogP contribution is -2.23. The molecule has 0 saturated heterocycles. The van der Waals surface area contributed by atoms with E-state index in [4.69, 9.17) is 9.47 Å². The van der Waals surface area contributed by atoms with Crippen LogP contribution in [0.1, 0.15) is 30.9 Å². The van der Waals surface area contributed by atoms with Gasteiger partial charge in [-0.2, -0.15) is 0 Å². The first-order valence-electron chi connectivity index (χ1n) is 8.29. The summed E-state index contributed by atoms with van der Waals surface area (Å²) in [5, 5.41) is 2.44. The van der Waals surface area contributed by atoms with Crippen LogP contribution in [-0.2, 0) is 14.3 Å². The molecular formula is C20H22FNO4. The number of ether oxygens (including phenoxy) is 2. The van der Waals surface area contributed by atoms with E-state index in [1.165, 1.54) is 24.3 Å². The molecule has 0 unspecified atom stereocenters. The third-order valence-corrected chi connectivity index (χ3v) is 3.70. The number of rotatable bonds is 7. The summed E-state index contributed by atoms with van der Waals surface area (Å²) in [7, 11) is 0. The van der Waals surface area contributed by atoms with Gasteiger partial charge in [-0.15, -0.1) is 0 Å². The van der Waals surface area contributed by atoms with Crippen molar-refractivity contribution in [1.82, 2.24) is 0 Å². The van der Waals surface area contributed by atoms with Crippen molar-refractivity contribution in [3.05, 3.63) is 59.4 Å². The highest BCUT2D eigenvalue weighted by molar-refractivity contribution is 5.92. The van der Waals surface area contributed by atoms with E-state index in [1.54, 1.807) is 0 Å². The quantitative estimate of drug-likeness (QED) is 0.764. The highest BCUT2D eigenvalue weighted by Crippen LogP contribution is 2.24. The van der Waals surface area contributed by atoms with E-state index in [0.29, 0.717) is 17.4 Å². The molecule has 2 rings (SSSR count). The van der Waals surface area contributed by atoms with E-state index in [0.717, 1.165) is 11.1 Å². The van der Waals surface area contributed by atoms with Gasteiger partial charge in [0, 0.05) is 5.69 Å². The first-order chi connectivity index (χ1) is 12.3. The van der Waals surface area contributed by atoms with Gasteiger partial charge in [0.25, 0.3) is 5.91 Å². The number of hydrogen-bond donors (Lipinski definition) is 1. The Morgan fingerprint density at radius 2 is 1.88 bits per heavy atom. The van der Waals surface area contributed by atoms with E-state index < -0.39 is 24.3 Å². The number of hydrogen-bond acceptors (Lipinski definition) is 4. The molecule has 5 nitrogen and oxygen atoms in total. The van der Waals surface area contributed by atoms with Gasteiger partial charge in [0.15, 0.2) is 13.2 Å². The number of carbonyl (C=O) groups excluding carboxylic acids is 2. The third-order valence-electron chi connectivity index (χ3n) is 3.70. The van der Waals surface area contributed by atoms with Crippen LogP contribution in [0, 0.1) is 12.7 Å². The maximum absolute atomic E-state index is 13.1. The SMILES string of the molecule is Cc1ccc(C(C)C)cc1OCC(=O)OCC(=O)Nc1cccc(F)c1. The van der Waals surface area contributed by atoms with Gasteiger partial charge in [-0.05, 0) is 48.2 Å². The van der Waals surface area contributed by atoms with E-state index in [2.05, 4.69) is 19.2 Å². The highest BCUT2D eigenvalue weighted by atomic mass is 19.1. The van der Waals surface area contributed by atoms with E-state index in [-0.39, 0.29) is 6.61 Å². The van der Waals surface area contributed by atoms with Crippen LogP contribution in [0.25, 0.3) is 0 Å². The molecule has 2 aromatic carbocycles. The lowest BCUT2D eigenvalue weighted by molar-refractivity contribution is -0.149. The zero-order valence-corrected chi connectivity index (χ0v) is 15.0. The molecule has 2 aromatic rings. The summed E-state index contributed by atoms with van der Waals surface area (Å²) in [4.78, 5) is 23.5. The zero-order valence-electron chi connectivity index (χ0n) is 15.0. The number of benzene rings is 2. The number of anilines is 1. The van der Waals surface area contributed by atoms with Crippen molar-refractivity contribution < 1.29 is 23.5 Å². The van der Waals surface area contributed by atoms with Crippen LogP contribution in [0.15, 0.2) is 42.5 Å². The molecule has 0 fully saturated rings. The molecule has 26 heavy (non-hydrogen) atoms. The Hall–Kier alpha value is -2.89. The van der Waals surface area contributed by atoms with Gasteiger partial charge < -0.3 is 14.8 Å². The zero-order chi connectivity index (χ0) is 19.1.